The van der Waals surface area contributed by atoms with Gasteiger partial charge in [0.05, 0.1) is 25.6 Å². The highest BCUT2D eigenvalue weighted by molar-refractivity contribution is 6.29. The second-order valence-electron chi connectivity index (χ2n) is 15.4. The first-order chi connectivity index (χ1) is 26.6. The number of benzene rings is 1. The highest BCUT2D eigenvalue weighted by atomic mass is 35.5. The molecular weight excluding hydrogens is 790 g/mol. The molecule has 1 saturated heterocycles. The molecule has 0 radical (unpaired) electrons. The number of halogens is 3. The number of Topliss-reactive ketones (excluding diaryl/α,β-unsaturated/α-hetero) is 1. The lowest BCUT2D eigenvalue weighted by Gasteiger charge is -2.31. The van der Waals surface area contributed by atoms with Crippen molar-refractivity contribution in [2.45, 2.75) is 117 Å². The topological polar surface area (TPSA) is 190 Å². The van der Waals surface area contributed by atoms with E-state index in [4.69, 9.17) is 46.9 Å². The van der Waals surface area contributed by atoms with Crippen LogP contribution in [-0.4, -0.2) is 97.5 Å². The predicted octanol–water partition coefficient (Wildman–Crippen LogP) is 7.14. The number of hydrogen-bond acceptors (Lipinski definition) is 13. The molecule has 16 nitrogen and oxygen atoms in total. The lowest BCUT2D eigenvalue weighted by Crippen LogP contribution is -2.52. The van der Waals surface area contributed by atoms with E-state index in [-0.39, 0.29) is 42.3 Å². The Labute approximate surface area is 340 Å². The number of imidazole rings is 1. The van der Waals surface area contributed by atoms with Crippen molar-refractivity contribution in [2.75, 3.05) is 29.3 Å². The maximum atomic E-state index is 16.3. The summed E-state index contributed by atoms with van der Waals surface area (Å²) < 4.78 is 46.0. The average Bonchev–Trinajstić information content (AvgIpc) is 3.64. The van der Waals surface area contributed by atoms with Crippen LogP contribution < -0.4 is 10.2 Å². The van der Waals surface area contributed by atoms with E-state index in [1.807, 2.05) is 0 Å². The average molecular weight is 840 g/mol. The summed E-state index contributed by atoms with van der Waals surface area (Å²) in [6.07, 6.45) is -4.67. The minimum Gasteiger partial charge on any atom is -0.463 e. The Morgan fingerprint density at radius 3 is 2.16 bits per heavy atom. The summed E-state index contributed by atoms with van der Waals surface area (Å²) in [5.41, 5.74) is -3.38. The molecule has 2 aromatic heterocycles. The van der Waals surface area contributed by atoms with Crippen molar-refractivity contribution in [3.8, 4) is 0 Å². The van der Waals surface area contributed by atoms with Crippen molar-refractivity contribution in [3.05, 3.63) is 41.4 Å². The molecule has 1 fully saturated rings. The molecule has 1 aliphatic heterocycles. The first kappa shape index (κ1) is 45.3. The van der Waals surface area contributed by atoms with Gasteiger partial charge in [-0.3, -0.25) is 14.2 Å². The van der Waals surface area contributed by atoms with Crippen molar-refractivity contribution >= 4 is 75.7 Å². The van der Waals surface area contributed by atoms with Crippen LogP contribution in [0, 0.1) is 5.92 Å². The molecule has 0 aliphatic carbocycles. The number of fused-ring (bicyclic) bond motifs is 1. The third-order valence-electron chi connectivity index (χ3n) is 8.59. The van der Waals surface area contributed by atoms with Crippen molar-refractivity contribution in [3.63, 3.8) is 0 Å². The van der Waals surface area contributed by atoms with Gasteiger partial charge in [0, 0.05) is 30.3 Å². The van der Waals surface area contributed by atoms with Crippen LogP contribution in [0.3, 0.4) is 0 Å². The van der Waals surface area contributed by atoms with E-state index < -0.39 is 77.1 Å². The SMILES string of the molecule is CCOC(=O)C(Cc1ccc(NC(=O)CCCCl)cc1)(OC[C@H]1O[C@@H](n2cnc3c(N(C(=O)OC(C)(C)C)C(=O)OC(C)(C)C)nc(Cl)nc32)[C@@H](F)[C@@H]1C)C(C)=O. The first-order valence-corrected chi connectivity index (χ1v) is 19.2. The van der Waals surface area contributed by atoms with Crippen LogP contribution in [0.4, 0.5) is 25.5 Å². The smallest absolute Gasteiger partial charge is 0.425 e. The summed E-state index contributed by atoms with van der Waals surface area (Å²) in [6, 6.07) is 6.53. The zero-order valence-electron chi connectivity index (χ0n) is 33.4. The molecule has 0 saturated carbocycles. The Bertz CT molecular complexity index is 1920. The zero-order chi connectivity index (χ0) is 42.5. The normalized spacial score (nSPS) is 19.4. The molecule has 3 amide bonds. The molecule has 1 aromatic carbocycles. The van der Waals surface area contributed by atoms with Gasteiger partial charge in [-0.25, -0.2) is 23.8 Å². The van der Waals surface area contributed by atoms with Crippen LogP contribution in [-0.2, 0) is 44.5 Å². The lowest BCUT2D eigenvalue weighted by atomic mass is 9.90. The van der Waals surface area contributed by atoms with Crippen LogP contribution in [0.15, 0.2) is 30.6 Å². The Hall–Kier alpha value is -4.45. The number of alkyl halides is 2. The Kier molecular flexibility index (Phi) is 14.6. The van der Waals surface area contributed by atoms with E-state index in [9.17, 15) is 24.0 Å². The van der Waals surface area contributed by atoms with Crippen LogP contribution in [0.5, 0.6) is 0 Å². The largest absolute Gasteiger partial charge is 0.463 e. The monoisotopic (exact) mass is 838 g/mol. The number of carbonyl (C=O) groups excluding carboxylic acids is 5. The van der Waals surface area contributed by atoms with Crippen molar-refractivity contribution < 1.29 is 52.0 Å². The van der Waals surface area contributed by atoms with E-state index in [1.54, 1.807) is 79.7 Å². The number of hydrogen-bond donors (Lipinski definition) is 1. The molecule has 0 bridgehead atoms. The standard InChI is InChI=1S/C38H49Cl2FN6O10/c1-10-53-32(50)38(22(3)48,18-23-13-15-24(16-14-23)43-26(49)12-11-17-39)54-19-25-21(2)27(41)31(55-25)46-20-42-28-29(46)44-33(40)45-30(28)47(34(51)56-36(4,5)6)35(52)57-37(7,8)9/h13-16,20-21,25,27,31H,10-12,17-19H2,1-9H3,(H,43,49)/t21-,25-,27+,31-,38?/m1/s1. The maximum absolute atomic E-state index is 16.3. The number of rotatable bonds is 14. The number of carbonyl (C=O) groups is 5. The molecule has 1 unspecified atom stereocenters. The number of esters is 1. The molecule has 3 aromatic rings. The summed E-state index contributed by atoms with van der Waals surface area (Å²) in [4.78, 5) is 79.0. The molecule has 0 spiro atoms. The van der Waals surface area contributed by atoms with Crippen molar-refractivity contribution in [1.29, 1.82) is 0 Å². The number of ketones is 1. The number of anilines is 2. The third-order valence-corrected chi connectivity index (χ3v) is 9.02. The second kappa shape index (κ2) is 18.4. The molecule has 312 valence electrons. The second-order valence-corrected chi connectivity index (χ2v) is 16.2. The minimum absolute atomic E-state index is 0.0468. The van der Waals surface area contributed by atoms with Crippen LogP contribution in [0.1, 0.15) is 86.9 Å². The summed E-state index contributed by atoms with van der Waals surface area (Å²) in [6.45, 7) is 13.5. The fourth-order valence-electron chi connectivity index (χ4n) is 5.80. The lowest BCUT2D eigenvalue weighted by molar-refractivity contribution is -0.182. The van der Waals surface area contributed by atoms with Crippen LogP contribution >= 0.6 is 23.2 Å². The van der Waals surface area contributed by atoms with E-state index in [1.165, 1.54) is 17.8 Å². The first-order valence-electron chi connectivity index (χ1n) is 18.3. The quantitative estimate of drug-likeness (QED) is 0.0568. The molecule has 3 heterocycles. The van der Waals surface area contributed by atoms with Gasteiger partial charge in [-0.2, -0.15) is 14.9 Å². The highest BCUT2D eigenvalue weighted by Crippen LogP contribution is 2.40. The predicted molar refractivity (Wildman–Crippen MR) is 208 cm³/mol. The Morgan fingerprint density at radius 2 is 1.61 bits per heavy atom. The highest BCUT2D eigenvalue weighted by Gasteiger charge is 2.50. The minimum atomic E-state index is -2.13. The van der Waals surface area contributed by atoms with Crippen LogP contribution in [0.25, 0.3) is 11.2 Å². The van der Waals surface area contributed by atoms with Gasteiger partial charge in [0.15, 0.2) is 35.2 Å². The van der Waals surface area contributed by atoms with Gasteiger partial charge >= 0.3 is 18.2 Å². The van der Waals surface area contributed by atoms with Crippen molar-refractivity contribution in [2.24, 2.45) is 5.92 Å². The summed E-state index contributed by atoms with van der Waals surface area (Å²) in [5, 5.41) is 2.35. The number of amides is 3. The molecule has 1 aliphatic rings. The van der Waals surface area contributed by atoms with Crippen LogP contribution in [0.2, 0.25) is 5.28 Å². The van der Waals surface area contributed by atoms with Gasteiger partial charge in [0.2, 0.25) is 16.8 Å². The number of nitrogens with zero attached hydrogens (tertiary/aromatic N) is 5. The zero-order valence-corrected chi connectivity index (χ0v) is 34.9. The fraction of sp³-hybridized carbons (Fsp3) is 0.579. The van der Waals surface area contributed by atoms with Gasteiger partial charge < -0.3 is 29.0 Å². The fourth-order valence-corrected chi connectivity index (χ4v) is 6.10. The molecular formula is C38H49Cl2FN6O10. The molecule has 19 heteroatoms. The van der Waals surface area contributed by atoms with E-state index in [0.29, 0.717) is 28.5 Å². The Morgan fingerprint density at radius 1 is 1.00 bits per heavy atom. The van der Waals surface area contributed by atoms with E-state index in [2.05, 4.69) is 20.3 Å². The van der Waals surface area contributed by atoms with Gasteiger partial charge in [-0.15, -0.1) is 11.6 Å². The summed E-state index contributed by atoms with van der Waals surface area (Å²) >= 11 is 12.0. The number of imide groups is 1. The summed E-state index contributed by atoms with van der Waals surface area (Å²) in [5.74, 6) is -2.70. The van der Waals surface area contributed by atoms with Crippen molar-refractivity contribution in [1.82, 2.24) is 19.5 Å². The maximum Gasteiger partial charge on any atom is 0.425 e. The molecule has 5 atom stereocenters. The number of nitrogens with one attached hydrogen (secondary N) is 1. The number of aromatic nitrogens is 4. The van der Waals surface area contributed by atoms with Gasteiger partial charge in [-0.05, 0) is 91.1 Å². The van der Waals surface area contributed by atoms with E-state index >= 15 is 4.39 Å². The molecule has 57 heavy (non-hydrogen) atoms. The molecule has 1 N–H and O–H groups in total. The van der Waals surface area contributed by atoms with Gasteiger partial charge in [0.25, 0.3) is 0 Å². The van der Waals surface area contributed by atoms with E-state index in [0.717, 1.165) is 0 Å². The summed E-state index contributed by atoms with van der Waals surface area (Å²) in [7, 11) is 0. The molecule has 4 rings (SSSR count). The third kappa shape index (κ3) is 11.1. The Balaban J connectivity index is 1.63. The van der Waals surface area contributed by atoms with Gasteiger partial charge in [0.1, 0.15) is 11.2 Å². The van der Waals surface area contributed by atoms with Gasteiger partial charge in [-0.1, -0.05) is 19.1 Å². The number of ether oxygens (including phenoxy) is 5.